The zero-order valence-electron chi connectivity index (χ0n) is 20.4. The molecule has 2 aromatic carbocycles. The number of nitrogens with zero attached hydrogens (tertiary/aromatic N) is 5. The molecule has 3 aromatic rings. The maximum Gasteiger partial charge on any atom is 0.338 e. The van der Waals surface area contributed by atoms with Crippen molar-refractivity contribution in [3.05, 3.63) is 53.6 Å². The van der Waals surface area contributed by atoms with E-state index in [2.05, 4.69) is 15.4 Å². The average molecular weight is 492 g/mol. The molecule has 188 valence electrons. The molecule has 1 unspecified atom stereocenters. The number of benzene rings is 2. The smallest absolute Gasteiger partial charge is 0.338 e. The van der Waals surface area contributed by atoms with Crippen molar-refractivity contribution in [3.8, 4) is 22.9 Å². The minimum absolute atomic E-state index is 0.0247. The van der Waals surface area contributed by atoms with E-state index in [-0.39, 0.29) is 24.6 Å². The molecule has 1 atom stereocenters. The zero-order chi connectivity index (χ0) is 25.1. The second kappa shape index (κ2) is 10.3. The van der Waals surface area contributed by atoms with Crippen LogP contribution in [0.15, 0.2) is 42.5 Å². The summed E-state index contributed by atoms with van der Waals surface area (Å²) >= 11 is 0. The molecule has 0 bridgehead atoms. The van der Waals surface area contributed by atoms with Crippen molar-refractivity contribution in [2.24, 2.45) is 0 Å². The number of tetrazole rings is 1. The standard InChI is InChI=1S/C26H29N5O5/c1-17(2)36-26(33)20-7-3-6-19(14-20)25-27-29-31(28-25)16-24(32)30-11-4-8-21(30)18-9-10-22-23(15-18)35-13-5-12-34-22/h3,6-7,9-10,14-15,17,21H,4-5,8,11-13,16H2,1-2H3. The molecule has 0 spiro atoms. The first-order valence-electron chi connectivity index (χ1n) is 12.3. The summed E-state index contributed by atoms with van der Waals surface area (Å²) in [6.07, 6.45) is 2.42. The van der Waals surface area contributed by atoms with E-state index in [1.807, 2.05) is 23.1 Å². The molecule has 2 aliphatic heterocycles. The van der Waals surface area contributed by atoms with Crippen molar-refractivity contribution in [1.29, 1.82) is 0 Å². The number of hydrogen-bond donors (Lipinski definition) is 0. The first-order chi connectivity index (χ1) is 17.5. The Morgan fingerprint density at radius 2 is 1.92 bits per heavy atom. The topological polar surface area (TPSA) is 109 Å². The van der Waals surface area contributed by atoms with Crippen LogP contribution in [0.2, 0.25) is 0 Å². The number of likely N-dealkylation sites (tertiary alicyclic amines) is 1. The quantitative estimate of drug-likeness (QED) is 0.483. The fourth-order valence-corrected chi connectivity index (χ4v) is 4.50. The highest BCUT2D eigenvalue weighted by atomic mass is 16.5. The van der Waals surface area contributed by atoms with E-state index in [0.717, 1.165) is 36.3 Å². The molecule has 1 fully saturated rings. The lowest BCUT2D eigenvalue weighted by molar-refractivity contribution is -0.133. The Hall–Kier alpha value is -3.95. The van der Waals surface area contributed by atoms with Crippen molar-refractivity contribution in [2.45, 2.75) is 51.8 Å². The second-order valence-corrected chi connectivity index (χ2v) is 9.18. The van der Waals surface area contributed by atoms with E-state index in [9.17, 15) is 9.59 Å². The zero-order valence-corrected chi connectivity index (χ0v) is 20.4. The number of hydrogen-bond acceptors (Lipinski definition) is 8. The van der Waals surface area contributed by atoms with Crippen LogP contribution in [-0.4, -0.2) is 62.8 Å². The second-order valence-electron chi connectivity index (χ2n) is 9.18. The SMILES string of the molecule is CC(C)OC(=O)c1cccc(-c2nnn(CC(=O)N3CCCC3c3ccc4c(c3)OCCCO4)n2)c1. The normalized spacial score (nSPS) is 17.2. The molecule has 5 rings (SSSR count). The minimum atomic E-state index is -0.413. The van der Waals surface area contributed by atoms with Crippen LogP contribution < -0.4 is 9.47 Å². The van der Waals surface area contributed by atoms with E-state index in [1.54, 1.807) is 38.1 Å². The molecular weight excluding hydrogens is 462 g/mol. The maximum atomic E-state index is 13.2. The number of rotatable bonds is 6. The highest BCUT2D eigenvalue weighted by molar-refractivity contribution is 5.90. The predicted octanol–water partition coefficient (Wildman–Crippen LogP) is 3.43. The Morgan fingerprint density at radius 3 is 2.75 bits per heavy atom. The van der Waals surface area contributed by atoms with Gasteiger partial charge in [0, 0.05) is 18.5 Å². The van der Waals surface area contributed by atoms with Crippen molar-refractivity contribution in [1.82, 2.24) is 25.1 Å². The lowest BCUT2D eigenvalue weighted by atomic mass is 10.0. The molecule has 0 radical (unpaired) electrons. The third kappa shape index (κ3) is 5.17. The summed E-state index contributed by atoms with van der Waals surface area (Å²) in [7, 11) is 0. The van der Waals surface area contributed by atoms with Gasteiger partial charge in [-0.15, -0.1) is 10.2 Å². The molecule has 10 nitrogen and oxygen atoms in total. The summed E-state index contributed by atoms with van der Waals surface area (Å²) in [5.74, 6) is 1.31. The number of fused-ring (bicyclic) bond motifs is 1. The van der Waals surface area contributed by atoms with Gasteiger partial charge in [0.1, 0.15) is 6.54 Å². The van der Waals surface area contributed by atoms with E-state index in [0.29, 0.717) is 36.7 Å². The third-order valence-corrected chi connectivity index (χ3v) is 6.16. The summed E-state index contributed by atoms with van der Waals surface area (Å²) in [6, 6.07) is 12.7. The molecule has 2 aliphatic rings. The van der Waals surface area contributed by atoms with Crippen LogP contribution in [0, 0.1) is 0 Å². The van der Waals surface area contributed by atoms with Gasteiger partial charge in [0.2, 0.25) is 11.7 Å². The van der Waals surface area contributed by atoms with Crippen LogP contribution in [0.25, 0.3) is 11.4 Å². The number of aromatic nitrogens is 4. The molecular formula is C26H29N5O5. The summed E-state index contributed by atoms with van der Waals surface area (Å²) in [6.45, 7) is 5.49. The molecule has 0 saturated carbocycles. The van der Waals surface area contributed by atoms with Gasteiger partial charge >= 0.3 is 5.97 Å². The van der Waals surface area contributed by atoms with Crippen LogP contribution in [0.1, 0.15) is 55.1 Å². The predicted molar refractivity (Wildman–Crippen MR) is 130 cm³/mol. The van der Waals surface area contributed by atoms with Gasteiger partial charge in [-0.2, -0.15) is 4.80 Å². The van der Waals surface area contributed by atoms with Gasteiger partial charge in [0.15, 0.2) is 11.5 Å². The van der Waals surface area contributed by atoms with Gasteiger partial charge in [-0.05, 0) is 61.7 Å². The monoisotopic (exact) mass is 491 g/mol. The Labute approximate surface area is 209 Å². The number of carbonyl (C=O) groups is 2. The molecule has 0 aliphatic carbocycles. The first-order valence-corrected chi connectivity index (χ1v) is 12.3. The van der Waals surface area contributed by atoms with Gasteiger partial charge in [-0.3, -0.25) is 4.79 Å². The number of esters is 1. The van der Waals surface area contributed by atoms with Crippen LogP contribution in [0.5, 0.6) is 11.5 Å². The maximum absolute atomic E-state index is 13.2. The minimum Gasteiger partial charge on any atom is -0.490 e. The summed E-state index contributed by atoms with van der Waals surface area (Å²) in [4.78, 5) is 28.6. The largest absolute Gasteiger partial charge is 0.490 e. The molecule has 0 N–H and O–H groups in total. The number of amides is 1. The highest BCUT2D eigenvalue weighted by Crippen LogP contribution is 2.38. The molecule has 1 aromatic heterocycles. The van der Waals surface area contributed by atoms with E-state index in [4.69, 9.17) is 14.2 Å². The Kier molecular flexibility index (Phi) is 6.84. The van der Waals surface area contributed by atoms with Gasteiger partial charge < -0.3 is 19.1 Å². The van der Waals surface area contributed by atoms with Crippen LogP contribution in [-0.2, 0) is 16.1 Å². The van der Waals surface area contributed by atoms with Crippen LogP contribution >= 0.6 is 0 Å². The van der Waals surface area contributed by atoms with Gasteiger partial charge in [0.25, 0.3) is 0 Å². The van der Waals surface area contributed by atoms with Gasteiger partial charge in [0.05, 0.1) is 30.9 Å². The third-order valence-electron chi connectivity index (χ3n) is 6.16. The lowest BCUT2D eigenvalue weighted by Gasteiger charge is -2.25. The van der Waals surface area contributed by atoms with Crippen molar-refractivity contribution in [3.63, 3.8) is 0 Å². The Morgan fingerprint density at radius 1 is 1.08 bits per heavy atom. The molecule has 3 heterocycles. The molecule has 36 heavy (non-hydrogen) atoms. The highest BCUT2D eigenvalue weighted by Gasteiger charge is 2.31. The van der Waals surface area contributed by atoms with Crippen molar-refractivity contribution < 1.29 is 23.8 Å². The summed E-state index contributed by atoms with van der Waals surface area (Å²) in [5, 5.41) is 12.5. The van der Waals surface area contributed by atoms with Crippen molar-refractivity contribution >= 4 is 11.9 Å². The van der Waals surface area contributed by atoms with Gasteiger partial charge in [-0.25, -0.2) is 4.79 Å². The number of ether oxygens (including phenoxy) is 3. The van der Waals surface area contributed by atoms with E-state index < -0.39 is 5.97 Å². The molecule has 1 saturated heterocycles. The van der Waals surface area contributed by atoms with E-state index in [1.165, 1.54) is 4.80 Å². The average Bonchev–Trinajstić information content (AvgIpc) is 3.48. The first kappa shape index (κ1) is 23.8. The summed E-state index contributed by atoms with van der Waals surface area (Å²) < 4.78 is 16.8. The van der Waals surface area contributed by atoms with Crippen molar-refractivity contribution in [2.75, 3.05) is 19.8 Å². The van der Waals surface area contributed by atoms with Gasteiger partial charge in [-0.1, -0.05) is 18.2 Å². The Bertz CT molecular complexity index is 1260. The lowest BCUT2D eigenvalue weighted by Crippen LogP contribution is -2.34. The van der Waals surface area contributed by atoms with E-state index >= 15 is 0 Å². The molecule has 10 heteroatoms. The summed E-state index contributed by atoms with van der Waals surface area (Å²) in [5.41, 5.74) is 2.06. The van der Waals surface area contributed by atoms with Crippen LogP contribution in [0.3, 0.4) is 0 Å². The fraction of sp³-hybridized carbons (Fsp3) is 0.423. The fourth-order valence-electron chi connectivity index (χ4n) is 4.50. The Balaban J connectivity index is 1.28. The molecule has 1 amide bonds. The van der Waals surface area contributed by atoms with Crippen LogP contribution in [0.4, 0.5) is 0 Å². The number of carbonyl (C=O) groups excluding carboxylic acids is 2.